The van der Waals surface area contributed by atoms with Gasteiger partial charge < -0.3 is 19.6 Å². The first-order chi connectivity index (χ1) is 13.1. The number of rotatable bonds is 5. The van der Waals surface area contributed by atoms with E-state index >= 15 is 0 Å². The van der Waals surface area contributed by atoms with Gasteiger partial charge in [-0.1, -0.05) is 0 Å². The Hall–Kier alpha value is -2.97. The highest BCUT2D eigenvalue weighted by Gasteiger charge is 2.15. The van der Waals surface area contributed by atoms with E-state index in [1.165, 1.54) is 11.3 Å². The molecule has 2 N–H and O–H groups in total. The Balaban J connectivity index is 1.71. The first-order valence-electron chi connectivity index (χ1n) is 8.40. The van der Waals surface area contributed by atoms with Crippen LogP contribution in [0.3, 0.4) is 0 Å². The van der Waals surface area contributed by atoms with Crippen LogP contribution in [-0.2, 0) is 4.74 Å². The summed E-state index contributed by atoms with van der Waals surface area (Å²) in [6.45, 7) is 1.00. The maximum Gasteiger partial charge on any atom is 0.276 e. The highest BCUT2D eigenvalue weighted by atomic mass is 32.1. The molecule has 0 aliphatic rings. The number of fused-ring (bicyclic) bond motifs is 2. The Morgan fingerprint density at radius 3 is 2.89 bits per heavy atom. The van der Waals surface area contributed by atoms with E-state index in [9.17, 15) is 9.59 Å². The number of carbonyl (C=O) groups excluding carboxylic acids is 1. The highest BCUT2D eigenvalue weighted by Crippen LogP contribution is 2.24. The number of nitrogens with one attached hydrogen (secondary N) is 2. The van der Waals surface area contributed by atoms with Crippen molar-refractivity contribution in [1.29, 1.82) is 0 Å². The average Bonchev–Trinajstić information content (AvgIpc) is 3.29. The van der Waals surface area contributed by atoms with Crippen LogP contribution in [-0.4, -0.2) is 53.1 Å². The van der Waals surface area contributed by atoms with Crippen molar-refractivity contribution in [1.82, 2.24) is 19.9 Å². The van der Waals surface area contributed by atoms with Crippen LogP contribution < -0.4 is 5.56 Å². The van der Waals surface area contributed by atoms with Gasteiger partial charge in [0, 0.05) is 47.9 Å². The molecule has 0 spiro atoms. The topological polar surface area (TPSA) is 91.1 Å². The smallest absolute Gasteiger partial charge is 0.276 e. The molecule has 4 rings (SSSR count). The molecule has 1 amide bonds. The maximum atomic E-state index is 12.5. The number of hydrogen-bond acceptors (Lipinski definition) is 5. The first-order valence-corrected chi connectivity index (χ1v) is 9.35. The predicted octanol–water partition coefficient (Wildman–Crippen LogP) is 2.85. The molecule has 0 radical (unpaired) electrons. The fourth-order valence-electron chi connectivity index (χ4n) is 2.95. The molecule has 0 aliphatic carbocycles. The largest absolute Gasteiger partial charge is 0.383 e. The number of hydrogen-bond donors (Lipinski definition) is 2. The Morgan fingerprint density at radius 1 is 1.22 bits per heavy atom. The molecule has 0 aliphatic heterocycles. The summed E-state index contributed by atoms with van der Waals surface area (Å²) in [7, 11) is 3.35. The minimum absolute atomic E-state index is 0.0765. The predicted molar refractivity (Wildman–Crippen MR) is 106 cm³/mol. The Kier molecular flexibility index (Phi) is 4.51. The lowest BCUT2D eigenvalue weighted by Crippen LogP contribution is -2.29. The second-order valence-corrected chi connectivity index (χ2v) is 7.03. The summed E-state index contributed by atoms with van der Waals surface area (Å²) >= 11 is 1.49. The lowest BCUT2D eigenvalue weighted by molar-refractivity contribution is 0.0744. The third-order valence-corrected chi connectivity index (χ3v) is 5.17. The standard InChI is InChI=1S/C19H18N4O3S/c1-23(5-6-26-2)19(25)11-3-4-13-12(7-11)8-14(20-13)17-18(24)22-16-10-27-9-15(16)21-17/h3-4,7-10,20H,5-6H2,1-2H3,(H,22,24). The van der Waals surface area contributed by atoms with Crippen molar-refractivity contribution in [2.45, 2.75) is 0 Å². The van der Waals surface area contributed by atoms with E-state index in [2.05, 4.69) is 15.0 Å². The molecule has 4 aromatic rings. The van der Waals surface area contributed by atoms with Gasteiger partial charge in [0.05, 0.1) is 23.3 Å². The minimum atomic E-state index is -0.247. The fraction of sp³-hybridized carbons (Fsp3) is 0.211. The summed E-state index contributed by atoms with van der Waals surface area (Å²) in [4.78, 5) is 37.0. The van der Waals surface area contributed by atoms with Crippen molar-refractivity contribution in [3.05, 3.63) is 50.9 Å². The Morgan fingerprint density at radius 2 is 2.07 bits per heavy atom. The monoisotopic (exact) mass is 382 g/mol. The number of benzene rings is 1. The second-order valence-electron chi connectivity index (χ2n) is 6.29. The van der Waals surface area contributed by atoms with Gasteiger partial charge in [0.2, 0.25) is 0 Å². The van der Waals surface area contributed by atoms with Crippen LogP contribution in [0.25, 0.3) is 33.3 Å². The molecule has 8 heteroatoms. The summed E-state index contributed by atoms with van der Waals surface area (Å²) in [5, 5.41) is 4.60. The van der Waals surface area contributed by atoms with Crippen LogP contribution in [0.2, 0.25) is 0 Å². The lowest BCUT2D eigenvalue weighted by atomic mass is 10.1. The average molecular weight is 382 g/mol. The van der Waals surface area contributed by atoms with Gasteiger partial charge in [-0.3, -0.25) is 9.59 Å². The molecule has 0 bridgehead atoms. The Bertz CT molecular complexity index is 1190. The zero-order valence-electron chi connectivity index (χ0n) is 14.9. The van der Waals surface area contributed by atoms with E-state index in [0.717, 1.165) is 21.9 Å². The number of methoxy groups -OCH3 is 1. The van der Waals surface area contributed by atoms with Crippen LogP contribution in [0, 0.1) is 0 Å². The summed E-state index contributed by atoms with van der Waals surface area (Å²) in [5.41, 5.74) is 3.62. The molecule has 3 heterocycles. The molecule has 7 nitrogen and oxygen atoms in total. The molecule has 0 saturated heterocycles. The van der Waals surface area contributed by atoms with E-state index in [1.54, 1.807) is 25.1 Å². The molecule has 0 unspecified atom stereocenters. The van der Waals surface area contributed by atoms with Crippen molar-refractivity contribution in [3.63, 3.8) is 0 Å². The quantitative estimate of drug-likeness (QED) is 0.555. The summed E-state index contributed by atoms with van der Waals surface area (Å²) < 4.78 is 5.02. The van der Waals surface area contributed by atoms with Crippen LogP contribution >= 0.6 is 11.3 Å². The molecule has 3 aromatic heterocycles. The van der Waals surface area contributed by atoms with Crippen LogP contribution in [0.4, 0.5) is 0 Å². The normalized spacial score (nSPS) is 11.3. The van der Waals surface area contributed by atoms with Crippen LogP contribution in [0.5, 0.6) is 0 Å². The van der Waals surface area contributed by atoms with E-state index in [1.807, 2.05) is 29.0 Å². The van der Waals surface area contributed by atoms with Gasteiger partial charge in [-0.15, -0.1) is 11.3 Å². The summed E-state index contributed by atoms with van der Waals surface area (Å²) in [5.74, 6) is -0.0765. The van der Waals surface area contributed by atoms with Gasteiger partial charge in [0.25, 0.3) is 11.5 Å². The van der Waals surface area contributed by atoms with E-state index in [4.69, 9.17) is 4.74 Å². The van der Waals surface area contributed by atoms with Gasteiger partial charge in [-0.2, -0.15) is 0 Å². The molecule has 138 valence electrons. The van der Waals surface area contributed by atoms with Gasteiger partial charge in [0.15, 0.2) is 5.69 Å². The van der Waals surface area contributed by atoms with E-state index in [-0.39, 0.29) is 11.5 Å². The van der Waals surface area contributed by atoms with Crippen molar-refractivity contribution < 1.29 is 9.53 Å². The molecule has 0 saturated carbocycles. The van der Waals surface area contributed by atoms with Crippen LogP contribution in [0.15, 0.2) is 39.8 Å². The first kappa shape index (κ1) is 17.4. The Labute approximate surface area is 158 Å². The number of carbonyl (C=O) groups is 1. The summed E-state index contributed by atoms with van der Waals surface area (Å²) in [6.07, 6.45) is 0. The number of aromatic nitrogens is 3. The number of amides is 1. The van der Waals surface area contributed by atoms with Gasteiger partial charge >= 0.3 is 0 Å². The zero-order valence-corrected chi connectivity index (χ0v) is 15.7. The number of nitrogens with zero attached hydrogens (tertiary/aromatic N) is 2. The molecule has 0 fully saturated rings. The molecule has 0 atom stereocenters. The molecular weight excluding hydrogens is 364 g/mol. The van der Waals surface area contributed by atoms with Gasteiger partial charge in [0.1, 0.15) is 0 Å². The van der Waals surface area contributed by atoms with E-state index in [0.29, 0.717) is 30.1 Å². The maximum absolute atomic E-state index is 12.5. The number of aromatic amines is 2. The van der Waals surface area contributed by atoms with Gasteiger partial charge in [-0.05, 0) is 24.3 Å². The van der Waals surface area contributed by atoms with Crippen molar-refractivity contribution in [2.24, 2.45) is 0 Å². The van der Waals surface area contributed by atoms with Crippen molar-refractivity contribution >= 4 is 39.2 Å². The highest BCUT2D eigenvalue weighted by molar-refractivity contribution is 7.09. The molecule has 1 aromatic carbocycles. The van der Waals surface area contributed by atoms with Crippen LogP contribution in [0.1, 0.15) is 10.4 Å². The number of ether oxygens (including phenoxy) is 1. The van der Waals surface area contributed by atoms with Gasteiger partial charge in [-0.25, -0.2) is 4.98 Å². The third kappa shape index (κ3) is 3.24. The van der Waals surface area contributed by atoms with Crippen molar-refractivity contribution in [2.75, 3.05) is 27.3 Å². The molecule has 27 heavy (non-hydrogen) atoms. The third-order valence-electron chi connectivity index (χ3n) is 4.44. The fourth-order valence-corrected chi connectivity index (χ4v) is 3.64. The van der Waals surface area contributed by atoms with E-state index < -0.39 is 0 Å². The lowest BCUT2D eigenvalue weighted by Gasteiger charge is -2.16. The SMILES string of the molecule is COCCN(C)C(=O)c1ccc2[nH]c(-c3nc4cscc4[nH]c3=O)cc2c1. The second kappa shape index (κ2) is 6.98. The summed E-state index contributed by atoms with van der Waals surface area (Å²) in [6, 6.07) is 7.27. The minimum Gasteiger partial charge on any atom is -0.383 e. The number of likely N-dealkylation sites (N-methyl/N-ethyl adjacent to an activating group) is 1. The number of H-pyrrole nitrogens is 2. The zero-order chi connectivity index (χ0) is 19.0. The number of thiophene rings is 1. The van der Waals surface area contributed by atoms with Crippen molar-refractivity contribution in [3.8, 4) is 11.4 Å². The molecular formula is C19H18N4O3S.